The molecule has 114 valence electrons. The van der Waals surface area contributed by atoms with Crippen LogP contribution in [0, 0.1) is 0 Å². The number of rotatable bonds is 6. The van der Waals surface area contributed by atoms with Gasteiger partial charge in [0.15, 0.2) is 0 Å². The summed E-state index contributed by atoms with van der Waals surface area (Å²) in [6.45, 7) is 3.63. The van der Waals surface area contributed by atoms with Gasteiger partial charge in [-0.15, -0.1) is 0 Å². The highest BCUT2D eigenvalue weighted by molar-refractivity contribution is 5.96. The molecule has 0 heterocycles. The Bertz CT molecular complexity index is 367. The van der Waals surface area contributed by atoms with Gasteiger partial charge in [0.25, 0.3) is 0 Å². The van der Waals surface area contributed by atoms with E-state index >= 15 is 0 Å². The second-order valence-corrected chi connectivity index (χ2v) is 5.03. The lowest BCUT2D eigenvalue weighted by molar-refractivity contribution is -0.140. The maximum atomic E-state index is 12.0. The van der Waals surface area contributed by atoms with E-state index in [4.69, 9.17) is 5.11 Å². The normalized spacial score (nSPS) is 16.9. The lowest BCUT2D eigenvalue weighted by Crippen LogP contribution is -2.53. The molecule has 0 aliphatic heterocycles. The van der Waals surface area contributed by atoms with Crippen LogP contribution in [0.3, 0.4) is 0 Å². The summed E-state index contributed by atoms with van der Waals surface area (Å²) in [7, 11) is 0. The Balaban J connectivity index is 2.65. The summed E-state index contributed by atoms with van der Waals surface area (Å²) in [5.74, 6) is -1.43. The van der Waals surface area contributed by atoms with Crippen LogP contribution >= 0.6 is 0 Å². The number of carbonyl (C=O) groups excluding carboxylic acids is 2. The van der Waals surface area contributed by atoms with Crippen molar-refractivity contribution in [3.63, 3.8) is 0 Å². The molecule has 0 spiro atoms. The SMILES string of the molecule is CCNC(=O)NC(=O)C(C)N(CC(=O)O)C1CCCC1. The van der Waals surface area contributed by atoms with E-state index in [9.17, 15) is 14.4 Å². The van der Waals surface area contributed by atoms with Gasteiger partial charge in [-0.05, 0) is 26.7 Å². The van der Waals surface area contributed by atoms with Crippen LogP contribution in [0.5, 0.6) is 0 Å². The first-order valence-electron chi connectivity index (χ1n) is 7.02. The minimum Gasteiger partial charge on any atom is -0.480 e. The van der Waals surface area contributed by atoms with E-state index in [0.29, 0.717) is 6.54 Å². The first-order chi connectivity index (χ1) is 9.45. The maximum Gasteiger partial charge on any atom is 0.321 e. The second kappa shape index (κ2) is 7.84. The monoisotopic (exact) mass is 285 g/mol. The fourth-order valence-corrected chi connectivity index (χ4v) is 2.55. The van der Waals surface area contributed by atoms with Crippen molar-refractivity contribution in [2.75, 3.05) is 13.1 Å². The molecule has 20 heavy (non-hydrogen) atoms. The van der Waals surface area contributed by atoms with E-state index in [0.717, 1.165) is 25.7 Å². The van der Waals surface area contributed by atoms with E-state index in [2.05, 4.69) is 10.6 Å². The molecule has 1 fully saturated rings. The predicted molar refractivity (Wildman–Crippen MR) is 73.3 cm³/mol. The minimum absolute atomic E-state index is 0.0982. The Morgan fingerprint density at radius 2 is 1.90 bits per heavy atom. The average molecular weight is 285 g/mol. The third-order valence-electron chi connectivity index (χ3n) is 3.56. The van der Waals surface area contributed by atoms with Gasteiger partial charge in [-0.1, -0.05) is 12.8 Å². The largest absolute Gasteiger partial charge is 0.480 e. The molecule has 1 atom stereocenters. The maximum absolute atomic E-state index is 12.0. The Morgan fingerprint density at radius 3 is 2.40 bits per heavy atom. The van der Waals surface area contributed by atoms with E-state index < -0.39 is 23.9 Å². The number of carboxylic acids is 1. The van der Waals surface area contributed by atoms with Gasteiger partial charge in [-0.3, -0.25) is 19.8 Å². The van der Waals surface area contributed by atoms with Crippen molar-refractivity contribution in [2.45, 2.75) is 51.6 Å². The van der Waals surface area contributed by atoms with Crippen LogP contribution in [-0.4, -0.2) is 53.1 Å². The molecule has 0 saturated heterocycles. The molecule has 0 aromatic heterocycles. The lowest BCUT2D eigenvalue weighted by atomic mass is 10.1. The molecule has 3 N–H and O–H groups in total. The Labute approximate surface area is 118 Å². The summed E-state index contributed by atoms with van der Waals surface area (Å²) in [5.41, 5.74) is 0. The molecule has 1 aliphatic rings. The number of nitrogens with zero attached hydrogens (tertiary/aromatic N) is 1. The van der Waals surface area contributed by atoms with Crippen molar-refractivity contribution in [2.24, 2.45) is 0 Å². The summed E-state index contributed by atoms with van der Waals surface area (Å²) in [6.07, 6.45) is 3.88. The van der Waals surface area contributed by atoms with Crippen LogP contribution < -0.4 is 10.6 Å². The first-order valence-corrected chi connectivity index (χ1v) is 7.02. The molecule has 7 heteroatoms. The van der Waals surface area contributed by atoms with Crippen molar-refractivity contribution in [3.05, 3.63) is 0 Å². The van der Waals surface area contributed by atoms with Gasteiger partial charge in [0.2, 0.25) is 5.91 Å². The first kappa shape index (κ1) is 16.4. The Kier molecular flexibility index (Phi) is 6.44. The number of urea groups is 1. The lowest BCUT2D eigenvalue weighted by Gasteiger charge is -2.31. The highest BCUT2D eigenvalue weighted by Gasteiger charge is 2.32. The van der Waals surface area contributed by atoms with E-state index in [1.165, 1.54) is 0 Å². The topological polar surface area (TPSA) is 98.7 Å². The van der Waals surface area contributed by atoms with Crippen LogP contribution in [0.4, 0.5) is 4.79 Å². The van der Waals surface area contributed by atoms with E-state index in [-0.39, 0.29) is 12.6 Å². The molecule has 3 amide bonds. The van der Waals surface area contributed by atoms with Gasteiger partial charge in [0, 0.05) is 12.6 Å². The number of amides is 3. The van der Waals surface area contributed by atoms with Gasteiger partial charge in [0.1, 0.15) is 0 Å². The third-order valence-corrected chi connectivity index (χ3v) is 3.56. The highest BCUT2D eigenvalue weighted by atomic mass is 16.4. The molecule has 0 aromatic carbocycles. The number of carbonyl (C=O) groups is 3. The van der Waals surface area contributed by atoms with Crippen LogP contribution in [0.2, 0.25) is 0 Å². The quantitative estimate of drug-likeness (QED) is 0.662. The summed E-state index contributed by atoms with van der Waals surface area (Å²) in [4.78, 5) is 36.0. The smallest absolute Gasteiger partial charge is 0.321 e. The van der Waals surface area contributed by atoms with Gasteiger partial charge >= 0.3 is 12.0 Å². The summed E-state index contributed by atoms with van der Waals surface area (Å²) >= 11 is 0. The summed E-state index contributed by atoms with van der Waals surface area (Å²) in [6, 6.07) is -1.09. The van der Waals surface area contributed by atoms with Crippen LogP contribution in [0.15, 0.2) is 0 Å². The molecule has 1 rings (SSSR count). The number of nitrogens with one attached hydrogen (secondary N) is 2. The van der Waals surface area contributed by atoms with Crippen molar-refractivity contribution < 1.29 is 19.5 Å². The zero-order valence-electron chi connectivity index (χ0n) is 12.0. The van der Waals surface area contributed by atoms with Crippen molar-refractivity contribution in [3.8, 4) is 0 Å². The zero-order chi connectivity index (χ0) is 15.1. The van der Waals surface area contributed by atoms with Crippen LogP contribution in [0.25, 0.3) is 0 Å². The fourth-order valence-electron chi connectivity index (χ4n) is 2.55. The second-order valence-electron chi connectivity index (χ2n) is 5.03. The molecular formula is C13H23N3O4. The zero-order valence-corrected chi connectivity index (χ0v) is 12.0. The van der Waals surface area contributed by atoms with Gasteiger partial charge in [-0.2, -0.15) is 0 Å². The summed E-state index contributed by atoms with van der Waals surface area (Å²) in [5, 5.41) is 13.7. The van der Waals surface area contributed by atoms with Gasteiger partial charge in [-0.25, -0.2) is 4.79 Å². The standard InChI is InChI=1S/C13H23N3O4/c1-3-14-13(20)15-12(19)9(2)16(8-11(17)18)10-6-4-5-7-10/h9-10H,3-8H2,1-2H3,(H,17,18)(H2,14,15,19,20). The van der Waals surface area contributed by atoms with Gasteiger partial charge < -0.3 is 10.4 Å². The Hall–Kier alpha value is -1.63. The van der Waals surface area contributed by atoms with E-state index in [1.54, 1.807) is 18.7 Å². The molecule has 0 aromatic rings. The Morgan fingerprint density at radius 1 is 1.30 bits per heavy atom. The number of hydrogen-bond donors (Lipinski definition) is 3. The number of carboxylic acid groups (broad SMARTS) is 1. The molecule has 7 nitrogen and oxygen atoms in total. The average Bonchev–Trinajstić information content (AvgIpc) is 2.88. The predicted octanol–water partition coefficient (Wildman–Crippen LogP) is 0.550. The van der Waals surface area contributed by atoms with Crippen molar-refractivity contribution >= 4 is 17.9 Å². The molecule has 1 saturated carbocycles. The molecule has 1 unspecified atom stereocenters. The fraction of sp³-hybridized carbons (Fsp3) is 0.769. The van der Waals surface area contributed by atoms with E-state index in [1.807, 2.05) is 0 Å². The molecular weight excluding hydrogens is 262 g/mol. The third kappa shape index (κ3) is 4.80. The number of aliphatic carboxylic acids is 1. The van der Waals surface area contributed by atoms with Crippen LogP contribution in [0.1, 0.15) is 39.5 Å². The van der Waals surface area contributed by atoms with Crippen molar-refractivity contribution in [1.82, 2.24) is 15.5 Å². The highest BCUT2D eigenvalue weighted by Crippen LogP contribution is 2.25. The molecule has 0 bridgehead atoms. The van der Waals surface area contributed by atoms with Gasteiger partial charge in [0.05, 0.1) is 12.6 Å². The molecule has 1 aliphatic carbocycles. The summed E-state index contributed by atoms with van der Waals surface area (Å²) < 4.78 is 0. The number of imide groups is 1. The van der Waals surface area contributed by atoms with Crippen LogP contribution in [-0.2, 0) is 9.59 Å². The molecule has 0 radical (unpaired) electrons. The van der Waals surface area contributed by atoms with Crippen molar-refractivity contribution in [1.29, 1.82) is 0 Å². The number of hydrogen-bond acceptors (Lipinski definition) is 4. The minimum atomic E-state index is -0.963.